The number of hydrogen-bond donors (Lipinski definition) is 4. The van der Waals surface area contributed by atoms with E-state index < -0.39 is 0 Å². The van der Waals surface area contributed by atoms with Crippen LogP contribution in [-0.4, -0.2) is 35.4 Å². The van der Waals surface area contributed by atoms with E-state index in [9.17, 15) is 9.90 Å². The highest BCUT2D eigenvalue weighted by atomic mass is 16.3. The molecular formula is C13H20N2O3. The van der Waals surface area contributed by atoms with Crippen molar-refractivity contribution < 1.29 is 15.0 Å². The Balaban J connectivity index is 2.27. The molecule has 5 heteroatoms. The molecule has 1 rings (SSSR count). The van der Waals surface area contributed by atoms with Crippen LogP contribution in [0.5, 0.6) is 5.75 Å². The van der Waals surface area contributed by atoms with Crippen molar-refractivity contribution >= 4 is 6.03 Å². The summed E-state index contributed by atoms with van der Waals surface area (Å²) < 4.78 is 0. The molecular weight excluding hydrogens is 232 g/mol. The zero-order valence-corrected chi connectivity index (χ0v) is 10.5. The van der Waals surface area contributed by atoms with Crippen LogP contribution >= 0.6 is 0 Å². The van der Waals surface area contributed by atoms with Gasteiger partial charge in [-0.25, -0.2) is 4.79 Å². The highest BCUT2D eigenvalue weighted by Gasteiger charge is 2.07. The number of benzene rings is 1. The van der Waals surface area contributed by atoms with Gasteiger partial charge in [-0.15, -0.1) is 0 Å². The smallest absolute Gasteiger partial charge is 0.315 e. The Labute approximate surface area is 107 Å². The zero-order valence-electron chi connectivity index (χ0n) is 10.5. The van der Waals surface area contributed by atoms with Gasteiger partial charge in [0.05, 0.1) is 12.6 Å². The third-order valence-corrected chi connectivity index (χ3v) is 2.66. The zero-order chi connectivity index (χ0) is 13.4. The van der Waals surface area contributed by atoms with Crippen LogP contribution in [0.4, 0.5) is 4.79 Å². The summed E-state index contributed by atoms with van der Waals surface area (Å²) in [5, 5.41) is 23.6. The van der Waals surface area contributed by atoms with Crippen LogP contribution in [0.1, 0.15) is 18.9 Å². The van der Waals surface area contributed by atoms with Crippen LogP contribution in [0.3, 0.4) is 0 Å². The van der Waals surface area contributed by atoms with Gasteiger partial charge in [0, 0.05) is 6.54 Å². The van der Waals surface area contributed by atoms with E-state index in [4.69, 9.17) is 5.11 Å². The fourth-order valence-corrected chi connectivity index (χ4v) is 1.55. The summed E-state index contributed by atoms with van der Waals surface area (Å²) in [5.41, 5.74) is 0.962. The summed E-state index contributed by atoms with van der Waals surface area (Å²) in [7, 11) is 0. The van der Waals surface area contributed by atoms with Gasteiger partial charge in [-0.1, -0.05) is 19.1 Å². The minimum atomic E-state index is -0.281. The van der Waals surface area contributed by atoms with Crippen molar-refractivity contribution in [2.24, 2.45) is 0 Å². The topological polar surface area (TPSA) is 81.6 Å². The van der Waals surface area contributed by atoms with Crippen LogP contribution in [0.25, 0.3) is 0 Å². The Morgan fingerprint density at radius 3 is 2.83 bits per heavy atom. The molecule has 100 valence electrons. The lowest BCUT2D eigenvalue weighted by molar-refractivity contribution is 0.214. The molecule has 1 unspecified atom stereocenters. The molecule has 5 nitrogen and oxygen atoms in total. The van der Waals surface area contributed by atoms with Gasteiger partial charge in [0.2, 0.25) is 0 Å². The molecule has 0 bridgehead atoms. The van der Waals surface area contributed by atoms with Gasteiger partial charge >= 0.3 is 6.03 Å². The molecule has 18 heavy (non-hydrogen) atoms. The Hall–Kier alpha value is -1.75. The molecule has 0 saturated heterocycles. The number of carbonyl (C=O) groups excluding carboxylic acids is 1. The van der Waals surface area contributed by atoms with Gasteiger partial charge in [-0.2, -0.15) is 0 Å². The highest BCUT2D eigenvalue weighted by Crippen LogP contribution is 2.10. The molecule has 0 aliphatic heterocycles. The predicted octanol–water partition coefficient (Wildman–Crippen LogP) is 1.00. The number of urea groups is 1. The van der Waals surface area contributed by atoms with E-state index >= 15 is 0 Å². The molecule has 1 aromatic rings. The van der Waals surface area contributed by atoms with E-state index in [1.807, 2.05) is 13.0 Å². The van der Waals surface area contributed by atoms with Gasteiger partial charge < -0.3 is 20.8 Å². The second-order valence-electron chi connectivity index (χ2n) is 4.11. The van der Waals surface area contributed by atoms with Crippen molar-refractivity contribution in [3.8, 4) is 5.75 Å². The second-order valence-corrected chi connectivity index (χ2v) is 4.11. The first-order chi connectivity index (χ1) is 8.65. The molecule has 2 amide bonds. The van der Waals surface area contributed by atoms with Crippen molar-refractivity contribution in [3.05, 3.63) is 29.8 Å². The van der Waals surface area contributed by atoms with Crippen molar-refractivity contribution in [3.63, 3.8) is 0 Å². The summed E-state index contributed by atoms with van der Waals surface area (Å²) in [6.07, 6.45) is 1.34. The number of hydrogen-bond acceptors (Lipinski definition) is 3. The Morgan fingerprint density at radius 2 is 2.22 bits per heavy atom. The van der Waals surface area contributed by atoms with Crippen molar-refractivity contribution in [2.45, 2.75) is 25.8 Å². The molecule has 0 fully saturated rings. The number of amides is 2. The minimum absolute atomic E-state index is 0.0590. The minimum Gasteiger partial charge on any atom is -0.508 e. The van der Waals surface area contributed by atoms with Crippen LogP contribution in [0.15, 0.2) is 24.3 Å². The van der Waals surface area contributed by atoms with Crippen LogP contribution in [0.2, 0.25) is 0 Å². The molecule has 0 spiro atoms. The van der Waals surface area contributed by atoms with Gasteiger partial charge in [-0.3, -0.25) is 0 Å². The van der Waals surface area contributed by atoms with E-state index in [1.165, 1.54) is 0 Å². The number of aliphatic hydroxyl groups is 1. The SMILES string of the molecule is CCC(CO)NC(=O)NCCc1cccc(O)c1. The van der Waals surface area contributed by atoms with E-state index in [2.05, 4.69) is 10.6 Å². The van der Waals surface area contributed by atoms with Crippen molar-refractivity contribution in [2.75, 3.05) is 13.2 Å². The summed E-state index contributed by atoms with van der Waals surface area (Å²) in [5.74, 6) is 0.225. The second kappa shape index (κ2) is 7.55. The molecule has 1 atom stereocenters. The van der Waals surface area contributed by atoms with Crippen LogP contribution in [-0.2, 0) is 6.42 Å². The lowest BCUT2D eigenvalue weighted by Gasteiger charge is -2.14. The van der Waals surface area contributed by atoms with Gasteiger partial charge in [0.25, 0.3) is 0 Å². The number of nitrogens with one attached hydrogen (secondary N) is 2. The Morgan fingerprint density at radius 1 is 1.44 bits per heavy atom. The normalized spacial score (nSPS) is 11.9. The summed E-state index contributed by atoms with van der Waals surface area (Å²) >= 11 is 0. The van der Waals surface area contributed by atoms with E-state index in [0.717, 1.165) is 5.56 Å². The quantitative estimate of drug-likeness (QED) is 0.610. The van der Waals surface area contributed by atoms with Crippen molar-refractivity contribution in [1.29, 1.82) is 0 Å². The predicted molar refractivity (Wildman–Crippen MR) is 69.5 cm³/mol. The first-order valence-corrected chi connectivity index (χ1v) is 6.08. The molecule has 1 aromatic carbocycles. The first kappa shape index (κ1) is 14.3. The first-order valence-electron chi connectivity index (χ1n) is 6.08. The van der Waals surface area contributed by atoms with Crippen molar-refractivity contribution in [1.82, 2.24) is 10.6 Å². The van der Waals surface area contributed by atoms with Crippen LogP contribution in [0, 0.1) is 0 Å². The number of phenolic OH excluding ortho intramolecular Hbond substituents is 1. The maximum Gasteiger partial charge on any atom is 0.315 e. The number of aromatic hydroxyl groups is 1. The third-order valence-electron chi connectivity index (χ3n) is 2.66. The van der Waals surface area contributed by atoms with Gasteiger partial charge in [0.15, 0.2) is 0 Å². The summed E-state index contributed by atoms with van der Waals surface area (Å²) in [6, 6.07) is 6.45. The lowest BCUT2D eigenvalue weighted by atomic mass is 10.1. The highest BCUT2D eigenvalue weighted by molar-refractivity contribution is 5.74. The average molecular weight is 252 g/mol. The molecule has 0 aliphatic rings. The lowest BCUT2D eigenvalue weighted by Crippen LogP contribution is -2.44. The summed E-state index contributed by atoms with van der Waals surface area (Å²) in [6.45, 7) is 2.32. The number of phenols is 1. The molecule has 0 radical (unpaired) electrons. The number of carbonyl (C=O) groups is 1. The van der Waals surface area contributed by atoms with Gasteiger partial charge in [0.1, 0.15) is 5.75 Å². The number of rotatable bonds is 6. The average Bonchev–Trinajstić information content (AvgIpc) is 2.36. The summed E-state index contributed by atoms with van der Waals surface area (Å²) in [4.78, 5) is 11.4. The van der Waals surface area contributed by atoms with Gasteiger partial charge in [-0.05, 0) is 30.5 Å². The standard InChI is InChI=1S/C13H20N2O3/c1-2-11(9-16)15-13(18)14-7-6-10-4-3-5-12(17)8-10/h3-5,8,11,16-17H,2,6-7,9H2,1H3,(H2,14,15,18). The van der Waals surface area contributed by atoms with E-state index in [1.54, 1.807) is 18.2 Å². The Bertz CT molecular complexity index is 378. The maximum absolute atomic E-state index is 11.4. The molecule has 0 aliphatic carbocycles. The monoisotopic (exact) mass is 252 g/mol. The fourth-order valence-electron chi connectivity index (χ4n) is 1.55. The van der Waals surface area contributed by atoms with E-state index in [-0.39, 0.29) is 24.4 Å². The number of aliphatic hydroxyl groups excluding tert-OH is 1. The molecule has 0 heterocycles. The molecule has 0 aromatic heterocycles. The van der Waals surface area contributed by atoms with E-state index in [0.29, 0.717) is 19.4 Å². The largest absolute Gasteiger partial charge is 0.508 e. The molecule has 4 N–H and O–H groups in total. The van der Waals surface area contributed by atoms with Crippen LogP contribution < -0.4 is 10.6 Å². The fraction of sp³-hybridized carbons (Fsp3) is 0.462. The molecule has 0 saturated carbocycles. The maximum atomic E-state index is 11.4. The third kappa shape index (κ3) is 5.05. The Kier molecular flexibility index (Phi) is 6.00.